The molecule has 0 saturated carbocycles. The smallest absolute Gasteiger partial charge is 0.341 e. The van der Waals surface area contributed by atoms with Gasteiger partial charge in [-0.1, -0.05) is 30.3 Å². The van der Waals surface area contributed by atoms with E-state index in [1.54, 1.807) is 6.92 Å². The van der Waals surface area contributed by atoms with Gasteiger partial charge in [0.2, 0.25) is 0 Å². The number of aryl methyl sites for hydroxylation is 1. The Morgan fingerprint density at radius 1 is 1.38 bits per heavy atom. The van der Waals surface area contributed by atoms with Gasteiger partial charge in [-0.2, -0.15) is 5.10 Å². The van der Waals surface area contributed by atoms with Crippen molar-refractivity contribution in [1.82, 2.24) is 9.78 Å². The Balaban J connectivity index is 2.10. The average Bonchev–Trinajstić information content (AvgIpc) is 2.76. The number of aromatic carboxylic acids is 1. The van der Waals surface area contributed by atoms with Crippen molar-refractivity contribution in [2.24, 2.45) is 0 Å². The van der Waals surface area contributed by atoms with Crippen LogP contribution in [-0.2, 0) is 5.54 Å². The summed E-state index contributed by atoms with van der Waals surface area (Å²) < 4.78 is 1.81. The number of carboxylic acids is 1. The normalized spacial score (nSPS) is 19.7. The van der Waals surface area contributed by atoms with E-state index in [4.69, 9.17) is 0 Å². The maximum absolute atomic E-state index is 11.5. The summed E-state index contributed by atoms with van der Waals surface area (Å²) in [6, 6.07) is 10.2. The molecule has 0 amide bonds. The number of nitrogens with one attached hydrogen (secondary N) is 1. The van der Waals surface area contributed by atoms with Crippen LogP contribution in [0.5, 0.6) is 0 Å². The molecule has 1 atom stereocenters. The lowest BCUT2D eigenvalue weighted by molar-refractivity contribution is 0.0696. The summed E-state index contributed by atoms with van der Waals surface area (Å²) in [7, 11) is 0. The van der Waals surface area contributed by atoms with Crippen LogP contribution in [0.2, 0.25) is 0 Å². The summed E-state index contributed by atoms with van der Waals surface area (Å²) in [5.74, 6) is -0.337. The van der Waals surface area contributed by atoms with E-state index in [9.17, 15) is 9.90 Å². The molecule has 0 bridgehead atoms. The zero-order valence-electron chi connectivity index (χ0n) is 12.4. The monoisotopic (exact) mass is 285 g/mol. The molecule has 21 heavy (non-hydrogen) atoms. The van der Waals surface area contributed by atoms with Gasteiger partial charge in [0.25, 0.3) is 0 Å². The quantitative estimate of drug-likeness (QED) is 0.889. The Labute approximate surface area is 123 Å². The largest absolute Gasteiger partial charge is 0.477 e. The second-order valence-electron chi connectivity index (χ2n) is 6.15. The molecule has 1 aliphatic heterocycles. The second-order valence-corrected chi connectivity index (χ2v) is 6.15. The summed E-state index contributed by atoms with van der Waals surface area (Å²) in [6.45, 7) is 5.92. The van der Waals surface area contributed by atoms with Crippen LogP contribution in [0.4, 0.5) is 5.82 Å². The van der Waals surface area contributed by atoms with Gasteiger partial charge >= 0.3 is 5.97 Å². The van der Waals surface area contributed by atoms with E-state index in [1.165, 1.54) is 0 Å². The Morgan fingerprint density at radius 3 is 2.67 bits per heavy atom. The van der Waals surface area contributed by atoms with Gasteiger partial charge in [-0.05, 0) is 32.8 Å². The molecule has 2 heterocycles. The van der Waals surface area contributed by atoms with Gasteiger partial charge in [-0.25, -0.2) is 9.48 Å². The Hall–Kier alpha value is -2.30. The van der Waals surface area contributed by atoms with Crippen molar-refractivity contribution in [3.63, 3.8) is 0 Å². The minimum Gasteiger partial charge on any atom is -0.477 e. The minimum atomic E-state index is -0.939. The van der Waals surface area contributed by atoms with E-state index in [0.717, 1.165) is 12.0 Å². The van der Waals surface area contributed by atoms with Crippen molar-refractivity contribution >= 4 is 11.8 Å². The van der Waals surface area contributed by atoms with Gasteiger partial charge in [0.15, 0.2) is 0 Å². The van der Waals surface area contributed by atoms with Gasteiger partial charge in [0.1, 0.15) is 11.4 Å². The number of hydrogen-bond acceptors (Lipinski definition) is 3. The molecule has 5 heteroatoms. The fourth-order valence-electron chi connectivity index (χ4n) is 3.04. The van der Waals surface area contributed by atoms with Gasteiger partial charge in [0.05, 0.1) is 17.3 Å². The number of benzene rings is 1. The highest BCUT2D eigenvalue weighted by Gasteiger charge is 2.37. The molecule has 1 unspecified atom stereocenters. The zero-order chi connectivity index (χ0) is 15.2. The van der Waals surface area contributed by atoms with Crippen LogP contribution in [0.1, 0.15) is 47.9 Å². The zero-order valence-corrected chi connectivity index (χ0v) is 12.4. The van der Waals surface area contributed by atoms with Crippen molar-refractivity contribution < 1.29 is 9.90 Å². The molecule has 2 aromatic rings. The second kappa shape index (κ2) is 4.62. The van der Waals surface area contributed by atoms with E-state index in [-0.39, 0.29) is 17.1 Å². The molecule has 0 fully saturated rings. The van der Waals surface area contributed by atoms with E-state index in [1.807, 2.05) is 22.9 Å². The first kappa shape index (κ1) is 13.7. The number of nitrogens with zero attached hydrogens (tertiary/aromatic N) is 2. The molecule has 2 N–H and O–H groups in total. The highest BCUT2D eigenvalue weighted by Crippen LogP contribution is 2.40. The van der Waals surface area contributed by atoms with Gasteiger partial charge < -0.3 is 10.4 Å². The number of fused-ring (bicyclic) bond motifs is 1. The molecular weight excluding hydrogens is 266 g/mol. The number of carboxylic acid groups (broad SMARTS) is 1. The summed E-state index contributed by atoms with van der Waals surface area (Å²) in [4.78, 5) is 11.5. The number of aromatic nitrogens is 2. The summed E-state index contributed by atoms with van der Waals surface area (Å²) in [6.07, 6.45) is 0.851. The van der Waals surface area contributed by atoms with Crippen molar-refractivity contribution in [2.75, 3.05) is 5.32 Å². The first-order chi connectivity index (χ1) is 9.90. The van der Waals surface area contributed by atoms with Crippen molar-refractivity contribution in [3.05, 3.63) is 47.2 Å². The van der Waals surface area contributed by atoms with E-state index in [0.29, 0.717) is 11.5 Å². The lowest BCUT2D eigenvalue weighted by Crippen LogP contribution is -2.38. The van der Waals surface area contributed by atoms with E-state index >= 15 is 0 Å². The van der Waals surface area contributed by atoms with Gasteiger partial charge in [-0.3, -0.25) is 0 Å². The fraction of sp³-hybridized carbons (Fsp3) is 0.375. The van der Waals surface area contributed by atoms with Crippen LogP contribution in [0.3, 0.4) is 0 Å². The SMILES string of the molecule is Cc1nn2c(c1C(=O)O)NC(c1ccccc1)CC2(C)C. The Kier molecular flexibility index (Phi) is 3.01. The third-order valence-corrected chi connectivity index (χ3v) is 4.06. The molecule has 3 rings (SSSR count). The van der Waals surface area contributed by atoms with Gasteiger partial charge in [0, 0.05) is 0 Å². The molecule has 1 aromatic heterocycles. The lowest BCUT2D eigenvalue weighted by Gasteiger charge is -2.38. The van der Waals surface area contributed by atoms with Crippen LogP contribution in [0.15, 0.2) is 30.3 Å². The van der Waals surface area contributed by atoms with E-state index in [2.05, 4.69) is 36.4 Å². The molecule has 0 saturated heterocycles. The summed E-state index contributed by atoms with van der Waals surface area (Å²) >= 11 is 0. The van der Waals surface area contributed by atoms with Crippen LogP contribution in [0, 0.1) is 6.92 Å². The van der Waals surface area contributed by atoms with Crippen LogP contribution in [-0.4, -0.2) is 20.9 Å². The predicted octanol–water partition coefficient (Wildman–Crippen LogP) is 3.18. The molecule has 110 valence electrons. The van der Waals surface area contributed by atoms with Gasteiger partial charge in [-0.15, -0.1) is 0 Å². The Bertz CT molecular complexity index is 689. The predicted molar refractivity (Wildman–Crippen MR) is 80.7 cm³/mol. The minimum absolute atomic E-state index is 0.0860. The third kappa shape index (κ3) is 2.18. The third-order valence-electron chi connectivity index (χ3n) is 4.06. The van der Waals surface area contributed by atoms with Crippen molar-refractivity contribution in [2.45, 2.75) is 38.8 Å². The summed E-state index contributed by atoms with van der Waals surface area (Å²) in [5.41, 5.74) is 1.74. The lowest BCUT2D eigenvalue weighted by atomic mass is 9.89. The topological polar surface area (TPSA) is 67.2 Å². The van der Waals surface area contributed by atoms with Crippen LogP contribution >= 0.6 is 0 Å². The van der Waals surface area contributed by atoms with Crippen molar-refractivity contribution in [3.8, 4) is 0 Å². The Morgan fingerprint density at radius 2 is 2.05 bits per heavy atom. The molecule has 0 aliphatic carbocycles. The van der Waals surface area contributed by atoms with Crippen LogP contribution < -0.4 is 5.32 Å². The fourth-order valence-corrected chi connectivity index (χ4v) is 3.04. The molecule has 1 aromatic carbocycles. The highest BCUT2D eigenvalue weighted by atomic mass is 16.4. The first-order valence-electron chi connectivity index (χ1n) is 7.05. The number of carbonyl (C=O) groups is 1. The van der Waals surface area contributed by atoms with Crippen molar-refractivity contribution in [1.29, 1.82) is 0 Å². The molecular formula is C16H19N3O2. The molecule has 0 radical (unpaired) electrons. The molecule has 5 nitrogen and oxygen atoms in total. The first-order valence-corrected chi connectivity index (χ1v) is 7.05. The number of anilines is 1. The van der Waals surface area contributed by atoms with Crippen LogP contribution in [0.25, 0.3) is 0 Å². The molecule has 0 spiro atoms. The number of rotatable bonds is 2. The maximum Gasteiger partial charge on any atom is 0.341 e. The number of hydrogen-bond donors (Lipinski definition) is 2. The molecule has 1 aliphatic rings. The maximum atomic E-state index is 11.5. The average molecular weight is 285 g/mol. The standard InChI is InChI=1S/C16H19N3O2/c1-10-13(15(20)21)14-17-12(11-7-5-4-6-8-11)9-16(2,3)19(14)18-10/h4-8,12,17H,9H2,1-3H3,(H,20,21). The summed E-state index contributed by atoms with van der Waals surface area (Å²) in [5, 5.41) is 17.2. The van der Waals surface area contributed by atoms with E-state index < -0.39 is 5.97 Å². The highest BCUT2D eigenvalue weighted by molar-refractivity contribution is 5.94.